The molecule has 4 aromatic rings. The van der Waals surface area contributed by atoms with Crippen LogP contribution in [0.25, 0.3) is 44.8 Å². The lowest BCUT2D eigenvalue weighted by molar-refractivity contribution is -0.142. The molecule has 15 nitrogen and oxygen atoms in total. The first-order valence-electron chi connectivity index (χ1n) is 21.7. The van der Waals surface area contributed by atoms with Gasteiger partial charge >= 0.3 is 29.8 Å². The van der Waals surface area contributed by atoms with E-state index >= 15 is 0 Å². The van der Waals surface area contributed by atoms with E-state index in [0.717, 1.165) is 73.5 Å². The third kappa shape index (κ3) is 16.7. The second-order valence-electron chi connectivity index (χ2n) is 14.5. The zero-order valence-corrected chi connectivity index (χ0v) is 38.3. The quantitative estimate of drug-likeness (QED) is 0.0269. The molecule has 67 heavy (non-hydrogen) atoms. The second-order valence-corrected chi connectivity index (χ2v) is 14.5. The summed E-state index contributed by atoms with van der Waals surface area (Å²) in [5.41, 5.74) is 3.19. The van der Waals surface area contributed by atoms with E-state index in [1.54, 1.807) is 26.0 Å². The number of benzene rings is 4. The first-order chi connectivity index (χ1) is 32.5. The molecule has 0 aliphatic carbocycles. The molecule has 0 atom stereocenters. The van der Waals surface area contributed by atoms with Crippen molar-refractivity contribution in [2.75, 3.05) is 79.5 Å². The topological polar surface area (TPSA) is 178 Å². The van der Waals surface area contributed by atoms with Crippen molar-refractivity contribution in [3.05, 3.63) is 122 Å². The Bertz CT molecular complexity index is 2220. The smallest absolute Gasteiger partial charge is 0.330 e. The van der Waals surface area contributed by atoms with Gasteiger partial charge in [0.1, 0.15) is 31.3 Å². The highest BCUT2D eigenvalue weighted by Gasteiger charge is 2.30. The summed E-state index contributed by atoms with van der Waals surface area (Å²) in [6.45, 7) is 18.0. The van der Waals surface area contributed by atoms with Gasteiger partial charge in [-0.15, -0.1) is 0 Å². The summed E-state index contributed by atoms with van der Waals surface area (Å²) >= 11 is 0. The summed E-state index contributed by atoms with van der Waals surface area (Å²) in [5.74, 6) is -0.820. The van der Waals surface area contributed by atoms with E-state index < -0.39 is 23.3 Å². The van der Waals surface area contributed by atoms with Crippen molar-refractivity contribution in [3.63, 3.8) is 0 Å². The molecule has 0 N–H and O–H groups in total. The Balaban J connectivity index is 0.000000301. The van der Waals surface area contributed by atoms with E-state index in [4.69, 9.17) is 47.4 Å². The molecule has 0 unspecified atom stereocenters. The van der Waals surface area contributed by atoms with Crippen LogP contribution in [0.3, 0.4) is 0 Å². The van der Waals surface area contributed by atoms with Crippen LogP contribution in [0.15, 0.2) is 111 Å². The Hall–Kier alpha value is -7.07. The highest BCUT2D eigenvalue weighted by molar-refractivity contribution is 6.10. The average Bonchev–Trinajstić information content (AvgIpc) is 3.54. The third-order valence-corrected chi connectivity index (χ3v) is 9.98. The Morgan fingerprint density at radius 1 is 0.522 bits per heavy atom. The predicted molar refractivity (Wildman–Crippen MR) is 253 cm³/mol. The maximum Gasteiger partial charge on any atom is 0.330 e. The standard InChI is InChI=1S/C31H26O6.C21H32O9/c1-3-34-28(32)15-7-20-5-11-24-22(17-20)9-13-26-30(24)31-25-12-6-21(8-16-29(33)35-4-2)18-23(25)10-14-27(31)37-19-36-26;1-5-18(22)28-12-9-25-15-21(8-4,16-26-10-13-29-19(23)6-2)17-27-11-14-30-20(24)7-3/h5-18H,3-4,19H2,1-2H3;5-7H,1-3,8-17H2,4H3/b15-7+,16-8+;. The van der Waals surface area contributed by atoms with Crippen molar-refractivity contribution < 1.29 is 71.3 Å². The highest BCUT2D eigenvalue weighted by Crippen LogP contribution is 2.47. The maximum atomic E-state index is 11.7. The van der Waals surface area contributed by atoms with Gasteiger partial charge < -0.3 is 47.4 Å². The van der Waals surface area contributed by atoms with Crippen LogP contribution in [0.2, 0.25) is 0 Å². The molecular formula is C52H58O15. The molecule has 1 aliphatic rings. The van der Waals surface area contributed by atoms with Gasteiger partial charge in [-0.1, -0.05) is 63.1 Å². The lowest BCUT2D eigenvalue weighted by atomic mass is 9.88. The predicted octanol–water partition coefficient (Wildman–Crippen LogP) is 8.16. The fourth-order valence-electron chi connectivity index (χ4n) is 6.56. The number of esters is 5. The lowest BCUT2D eigenvalue weighted by Gasteiger charge is -2.32. The molecule has 0 saturated carbocycles. The van der Waals surface area contributed by atoms with Gasteiger partial charge in [0.05, 0.1) is 52.9 Å². The minimum absolute atomic E-state index is 0.0986. The van der Waals surface area contributed by atoms with Gasteiger partial charge in [0.25, 0.3) is 0 Å². The largest absolute Gasteiger partial charge is 0.463 e. The van der Waals surface area contributed by atoms with Crippen LogP contribution in [0, 0.1) is 5.41 Å². The Morgan fingerprint density at radius 2 is 0.910 bits per heavy atom. The van der Waals surface area contributed by atoms with E-state index in [2.05, 4.69) is 19.7 Å². The molecule has 0 aromatic heterocycles. The molecule has 1 heterocycles. The second kappa shape index (κ2) is 28.1. The van der Waals surface area contributed by atoms with Gasteiger partial charge in [0, 0.05) is 46.9 Å². The molecule has 0 spiro atoms. The molecule has 1 aliphatic heterocycles. The summed E-state index contributed by atoms with van der Waals surface area (Å²) in [4.78, 5) is 56.6. The van der Waals surface area contributed by atoms with Crippen LogP contribution in [-0.4, -0.2) is 109 Å². The van der Waals surface area contributed by atoms with E-state index in [-0.39, 0.29) is 78.2 Å². The number of carbonyl (C=O) groups is 5. The molecule has 5 rings (SSSR count). The van der Waals surface area contributed by atoms with Crippen molar-refractivity contribution in [2.24, 2.45) is 5.41 Å². The summed E-state index contributed by atoms with van der Waals surface area (Å²) in [6.07, 6.45) is 10.3. The molecule has 0 saturated heterocycles. The SMILES string of the molecule is C=CC(=O)OCCOCC(CC)(COCCOC(=O)C=C)COCCOC(=O)C=C.CCOC(=O)/C=C/c1ccc2c3c(ccc2c1)OCOc1ccc2cc(/C=C/C(=O)OCC)ccc2c1-3. The lowest BCUT2D eigenvalue weighted by Crippen LogP contribution is -2.38. The zero-order valence-electron chi connectivity index (χ0n) is 38.3. The van der Waals surface area contributed by atoms with Gasteiger partial charge in [-0.2, -0.15) is 0 Å². The maximum absolute atomic E-state index is 11.7. The molecule has 15 heteroatoms. The fourth-order valence-corrected chi connectivity index (χ4v) is 6.56. The van der Waals surface area contributed by atoms with Crippen LogP contribution in [-0.2, 0) is 61.9 Å². The monoisotopic (exact) mass is 922 g/mol. The summed E-state index contributed by atoms with van der Waals surface area (Å²) in [7, 11) is 0. The van der Waals surface area contributed by atoms with Crippen molar-refractivity contribution in [1.29, 1.82) is 0 Å². The number of rotatable bonds is 25. The Kier molecular flexibility index (Phi) is 22.0. The number of ether oxygens (including phenoxy) is 10. The Morgan fingerprint density at radius 3 is 1.25 bits per heavy atom. The summed E-state index contributed by atoms with van der Waals surface area (Å²) in [5, 5.41) is 4.03. The first kappa shape index (κ1) is 52.6. The molecule has 356 valence electrons. The Labute approximate surface area is 390 Å². The van der Waals surface area contributed by atoms with E-state index in [1.165, 1.54) is 12.2 Å². The van der Waals surface area contributed by atoms with Crippen molar-refractivity contribution in [3.8, 4) is 22.6 Å². The van der Waals surface area contributed by atoms with Crippen LogP contribution in [0.1, 0.15) is 38.3 Å². The van der Waals surface area contributed by atoms with Crippen LogP contribution in [0.4, 0.5) is 0 Å². The average molecular weight is 923 g/mol. The molecule has 0 fully saturated rings. The van der Waals surface area contributed by atoms with Gasteiger partial charge in [-0.05, 0) is 89.4 Å². The number of carbonyl (C=O) groups excluding carboxylic acids is 5. The molecular weight excluding hydrogens is 865 g/mol. The minimum atomic E-state index is -0.518. The third-order valence-electron chi connectivity index (χ3n) is 9.98. The van der Waals surface area contributed by atoms with Gasteiger partial charge in [-0.3, -0.25) is 0 Å². The number of hydrogen-bond acceptors (Lipinski definition) is 15. The van der Waals surface area contributed by atoms with Gasteiger partial charge in [0.2, 0.25) is 6.79 Å². The van der Waals surface area contributed by atoms with Gasteiger partial charge in [0.15, 0.2) is 0 Å². The molecule has 0 radical (unpaired) electrons. The molecule has 4 aromatic carbocycles. The summed E-state index contributed by atoms with van der Waals surface area (Å²) < 4.78 is 53.5. The number of hydrogen-bond donors (Lipinski definition) is 0. The summed E-state index contributed by atoms with van der Waals surface area (Å²) in [6, 6.07) is 20.0. The van der Waals surface area contributed by atoms with Gasteiger partial charge in [-0.25, -0.2) is 24.0 Å². The minimum Gasteiger partial charge on any atom is -0.463 e. The first-order valence-corrected chi connectivity index (χ1v) is 21.7. The normalized spacial score (nSPS) is 11.7. The van der Waals surface area contributed by atoms with Crippen LogP contribution < -0.4 is 9.47 Å². The zero-order chi connectivity index (χ0) is 48.4. The van der Waals surface area contributed by atoms with E-state index in [9.17, 15) is 24.0 Å². The van der Waals surface area contributed by atoms with Crippen molar-refractivity contribution in [1.82, 2.24) is 0 Å². The van der Waals surface area contributed by atoms with Crippen LogP contribution >= 0.6 is 0 Å². The fraction of sp³-hybridized carbons (Fsp3) is 0.327. The van der Waals surface area contributed by atoms with Crippen molar-refractivity contribution >= 4 is 63.5 Å². The van der Waals surface area contributed by atoms with E-state index in [0.29, 0.717) is 19.6 Å². The molecule has 0 amide bonds. The van der Waals surface area contributed by atoms with Crippen molar-refractivity contribution in [2.45, 2.75) is 27.2 Å². The van der Waals surface area contributed by atoms with E-state index in [1.807, 2.05) is 67.6 Å². The highest BCUT2D eigenvalue weighted by atomic mass is 16.7. The number of fused-ring (bicyclic) bond motifs is 7. The van der Waals surface area contributed by atoms with Crippen LogP contribution in [0.5, 0.6) is 11.5 Å². The molecule has 0 bridgehead atoms.